The number of amides is 1. The number of carbonyl (C=O) groups is 2. The van der Waals surface area contributed by atoms with E-state index in [-0.39, 0.29) is 12.3 Å². The van der Waals surface area contributed by atoms with E-state index in [0.717, 1.165) is 37.8 Å². The molecule has 182 valence electrons. The van der Waals surface area contributed by atoms with Gasteiger partial charge in [-0.15, -0.1) is 0 Å². The maximum Gasteiger partial charge on any atom is 0.303 e. The number of anilines is 1. The van der Waals surface area contributed by atoms with E-state index in [4.69, 9.17) is 9.84 Å². The number of carboxylic acids is 1. The van der Waals surface area contributed by atoms with Crippen LogP contribution in [0.15, 0.2) is 24.3 Å². The third-order valence-corrected chi connectivity index (χ3v) is 6.15. The van der Waals surface area contributed by atoms with E-state index < -0.39 is 5.97 Å². The second-order valence-corrected chi connectivity index (χ2v) is 9.36. The molecule has 1 rings (SSSR count). The van der Waals surface area contributed by atoms with Crippen molar-refractivity contribution in [1.82, 2.24) is 0 Å². The predicted molar refractivity (Wildman–Crippen MR) is 136 cm³/mol. The first-order valence-corrected chi connectivity index (χ1v) is 13.7. The maximum atomic E-state index is 12.3. The highest BCUT2D eigenvalue weighted by Crippen LogP contribution is 2.24. The van der Waals surface area contributed by atoms with Crippen LogP contribution < -0.4 is 10.1 Å². The standard InChI is InChI=1S/C26H43NO4S/c1-32-22-16-10-6-4-2-3-5-7-11-19-25(28)27-23-17-13-14-18-24(23)31-21-15-9-8-12-20-26(29)30/h13-14,17-18H,2-12,15-16,19-22H2,1H3,(H,27,28)(H,29,30). The van der Waals surface area contributed by atoms with Crippen molar-refractivity contribution >= 4 is 29.3 Å². The van der Waals surface area contributed by atoms with Crippen molar-refractivity contribution < 1.29 is 19.4 Å². The summed E-state index contributed by atoms with van der Waals surface area (Å²) in [7, 11) is 0. The maximum absolute atomic E-state index is 12.3. The van der Waals surface area contributed by atoms with Crippen LogP contribution in [0.4, 0.5) is 5.69 Å². The summed E-state index contributed by atoms with van der Waals surface area (Å²) >= 11 is 1.93. The molecule has 0 aliphatic carbocycles. The number of unbranched alkanes of at least 4 members (excludes halogenated alkanes) is 11. The predicted octanol–water partition coefficient (Wildman–Crippen LogP) is 7.30. The van der Waals surface area contributed by atoms with Crippen molar-refractivity contribution in [2.45, 2.75) is 96.3 Å². The minimum Gasteiger partial charge on any atom is -0.491 e. The number of hydrogen-bond donors (Lipinski definition) is 2. The zero-order chi connectivity index (χ0) is 23.3. The third kappa shape index (κ3) is 16.0. The molecule has 0 aliphatic heterocycles. The van der Waals surface area contributed by atoms with E-state index in [9.17, 15) is 9.59 Å². The molecule has 1 amide bonds. The van der Waals surface area contributed by atoms with Gasteiger partial charge in [-0.05, 0) is 49.8 Å². The lowest BCUT2D eigenvalue weighted by molar-refractivity contribution is -0.137. The van der Waals surface area contributed by atoms with Crippen LogP contribution in [0.5, 0.6) is 5.75 Å². The highest BCUT2D eigenvalue weighted by molar-refractivity contribution is 7.98. The number of carboxylic acid groups (broad SMARTS) is 1. The molecular formula is C26H43NO4S. The second kappa shape index (κ2) is 20.0. The molecule has 0 saturated heterocycles. The molecule has 0 fully saturated rings. The van der Waals surface area contributed by atoms with Crippen LogP contribution >= 0.6 is 11.8 Å². The quantitative estimate of drug-likeness (QED) is 0.186. The fraction of sp³-hybridized carbons (Fsp3) is 0.692. The third-order valence-electron chi connectivity index (χ3n) is 5.46. The lowest BCUT2D eigenvalue weighted by Crippen LogP contribution is -2.12. The summed E-state index contributed by atoms with van der Waals surface area (Å²) in [5.74, 6) is 1.29. The van der Waals surface area contributed by atoms with Gasteiger partial charge in [0.25, 0.3) is 0 Å². The van der Waals surface area contributed by atoms with Crippen molar-refractivity contribution in [2.24, 2.45) is 0 Å². The number of nitrogens with one attached hydrogen (secondary N) is 1. The molecule has 0 unspecified atom stereocenters. The minimum atomic E-state index is -0.738. The smallest absolute Gasteiger partial charge is 0.303 e. The Kier molecular flexibility index (Phi) is 17.7. The molecule has 6 heteroatoms. The molecule has 0 saturated carbocycles. The van der Waals surface area contributed by atoms with E-state index in [1.807, 2.05) is 36.0 Å². The van der Waals surface area contributed by atoms with Crippen molar-refractivity contribution in [3.8, 4) is 5.75 Å². The highest BCUT2D eigenvalue weighted by atomic mass is 32.2. The van der Waals surface area contributed by atoms with Crippen molar-refractivity contribution in [2.75, 3.05) is 23.9 Å². The Balaban J connectivity index is 2.10. The fourth-order valence-corrected chi connectivity index (χ4v) is 4.08. The highest BCUT2D eigenvalue weighted by Gasteiger charge is 2.07. The molecule has 0 heterocycles. The summed E-state index contributed by atoms with van der Waals surface area (Å²) in [5, 5.41) is 11.6. The van der Waals surface area contributed by atoms with Crippen LogP contribution in [-0.4, -0.2) is 35.6 Å². The van der Waals surface area contributed by atoms with E-state index >= 15 is 0 Å². The van der Waals surface area contributed by atoms with Gasteiger partial charge in [0.2, 0.25) is 5.91 Å². The number of benzene rings is 1. The summed E-state index contributed by atoms with van der Waals surface area (Å²) < 4.78 is 5.84. The molecule has 5 nitrogen and oxygen atoms in total. The lowest BCUT2D eigenvalue weighted by atomic mass is 10.1. The Labute approximate surface area is 199 Å². The number of aliphatic carboxylic acids is 1. The normalized spacial score (nSPS) is 10.8. The van der Waals surface area contributed by atoms with Crippen LogP contribution in [0.3, 0.4) is 0 Å². The first-order chi connectivity index (χ1) is 15.6. The summed E-state index contributed by atoms with van der Waals surface area (Å²) in [6.07, 6.45) is 17.6. The first-order valence-electron chi connectivity index (χ1n) is 12.4. The monoisotopic (exact) mass is 465 g/mol. The minimum absolute atomic E-state index is 0.0449. The summed E-state index contributed by atoms with van der Waals surface area (Å²) in [6, 6.07) is 7.55. The van der Waals surface area contributed by atoms with Crippen LogP contribution in [0, 0.1) is 0 Å². The topological polar surface area (TPSA) is 75.6 Å². The Morgan fingerprint density at radius 1 is 0.812 bits per heavy atom. The van der Waals surface area contributed by atoms with E-state index in [2.05, 4.69) is 11.6 Å². The van der Waals surface area contributed by atoms with Crippen molar-refractivity contribution in [1.29, 1.82) is 0 Å². The number of para-hydroxylation sites is 2. The van der Waals surface area contributed by atoms with Crippen LogP contribution in [0.1, 0.15) is 96.3 Å². The molecule has 0 atom stereocenters. The number of thioether (sulfide) groups is 1. The van der Waals surface area contributed by atoms with E-state index in [1.54, 1.807) is 0 Å². The van der Waals surface area contributed by atoms with Gasteiger partial charge in [0, 0.05) is 12.8 Å². The average Bonchev–Trinajstić information content (AvgIpc) is 2.77. The Morgan fingerprint density at radius 3 is 2.03 bits per heavy atom. The molecule has 2 N–H and O–H groups in total. The largest absolute Gasteiger partial charge is 0.491 e. The molecule has 0 spiro atoms. The molecule has 0 aliphatic rings. The van der Waals surface area contributed by atoms with Crippen LogP contribution in [0.25, 0.3) is 0 Å². The summed E-state index contributed by atoms with van der Waals surface area (Å²) in [5.41, 5.74) is 0.727. The van der Waals surface area contributed by atoms with Gasteiger partial charge in [-0.3, -0.25) is 9.59 Å². The van der Waals surface area contributed by atoms with Gasteiger partial charge in [-0.25, -0.2) is 0 Å². The molecule has 32 heavy (non-hydrogen) atoms. The molecule has 1 aromatic carbocycles. The van der Waals surface area contributed by atoms with Gasteiger partial charge in [-0.2, -0.15) is 11.8 Å². The first kappa shape index (κ1) is 28.3. The van der Waals surface area contributed by atoms with Gasteiger partial charge < -0.3 is 15.2 Å². The zero-order valence-electron chi connectivity index (χ0n) is 19.9. The lowest BCUT2D eigenvalue weighted by Gasteiger charge is -2.12. The Morgan fingerprint density at radius 2 is 1.38 bits per heavy atom. The average molecular weight is 466 g/mol. The van der Waals surface area contributed by atoms with Crippen LogP contribution in [-0.2, 0) is 9.59 Å². The molecule has 0 radical (unpaired) electrons. The Hall–Kier alpha value is -1.69. The molecule has 1 aromatic rings. The summed E-state index contributed by atoms with van der Waals surface area (Å²) in [4.78, 5) is 22.8. The molecule has 0 bridgehead atoms. The number of rotatable bonds is 21. The molecular weight excluding hydrogens is 422 g/mol. The fourth-order valence-electron chi connectivity index (χ4n) is 3.59. The van der Waals surface area contributed by atoms with Gasteiger partial charge in [0.1, 0.15) is 5.75 Å². The summed E-state index contributed by atoms with van der Waals surface area (Å²) in [6.45, 7) is 0.567. The number of hydrogen-bond acceptors (Lipinski definition) is 4. The number of ether oxygens (including phenoxy) is 1. The Bertz CT molecular complexity index is 624. The van der Waals surface area contributed by atoms with Crippen molar-refractivity contribution in [3.05, 3.63) is 24.3 Å². The van der Waals surface area contributed by atoms with Gasteiger partial charge in [0.05, 0.1) is 12.3 Å². The van der Waals surface area contributed by atoms with Gasteiger partial charge in [-0.1, -0.05) is 69.9 Å². The second-order valence-electron chi connectivity index (χ2n) is 8.38. The van der Waals surface area contributed by atoms with Crippen molar-refractivity contribution in [3.63, 3.8) is 0 Å². The van der Waals surface area contributed by atoms with E-state index in [1.165, 1.54) is 50.7 Å². The van der Waals surface area contributed by atoms with Gasteiger partial charge >= 0.3 is 5.97 Å². The van der Waals surface area contributed by atoms with E-state index in [0.29, 0.717) is 25.2 Å². The van der Waals surface area contributed by atoms with Gasteiger partial charge in [0.15, 0.2) is 0 Å². The van der Waals surface area contributed by atoms with Crippen LogP contribution in [0.2, 0.25) is 0 Å². The zero-order valence-corrected chi connectivity index (χ0v) is 20.7. The number of carbonyl (C=O) groups excluding carboxylic acids is 1. The SMILES string of the molecule is CSCCCCCCCCCCCC(=O)Nc1ccccc1OCCCCCCC(=O)O. The molecule has 0 aromatic heterocycles.